The van der Waals surface area contributed by atoms with E-state index >= 15 is 0 Å². The number of nitrogens with one attached hydrogen (secondary N) is 2. The molecular weight excluding hydrogens is 437 g/mol. The fourth-order valence-electron chi connectivity index (χ4n) is 2.97. The van der Waals surface area contributed by atoms with Gasteiger partial charge in [-0.05, 0) is 37.6 Å². The number of hydrogen-bond acceptors (Lipinski definition) is 6. The molecule has 2 N–H and O–H groups in total. The van der Waals surface area contributed by atoms with Crippen molar-refractivity contribution < 1.29 is 22.4 Å². The van der Waals surface area contributed by atoms with Crippen molar-refractivity contribution in [1.82, 2.24) is 14.6 Å². The lowest BCUT2D eigenvalue weighted by atomic mass is 10.1. The van der Waals surface area contributed by atoms with Crippen molar-refractivity contribution in [3.63, 3.8) is 0 Å². The zero-order valence-electron chi connectivity index (χ0n) is 15.7. The molecule has 12 heteroatoms. The summed E-state index contributed by atoms with van der Waals surface area (Å²) in [5.74, 6) is -1.65. The third-order valence-corrected chi connectivity index (χ3v) is 6.76. The number of sulfonamides is 1. The molecule has 0 spiro atoms. The minimum absolute atomic E-state index is 0.0125. The molecule has 0 unspecified atom stereocenters. The van der Waals surface area contributed by atoms with E-state index in [1.54, 1.807) is 6.07 Å². The van der Waals surface area contributed by atoms with Crippen LogP contribution in [0.15, 0.2) is 29.3 Å². The number of benzene rings is 1. The summed E-state index contributed by atoms with van der Waals surface area (Å²) in [4.78, 5) is 28.3. The van der Waals surface area contributed by atoms with E-state index in [1.165, 1.54) is 26.0 Å². The maximum atomic E-state index is 14.1. The molecule has 1 atom stereocenters. The maximum Gasteiger partial charge on any atom is 0.336 e. The quantitative estimate of drug-likeness (QED) is 0.733. The zero-order valence-corrected chi connectivity index (χ0v) is 17.3. The first-order chi connectivity index (χ1) is 14.1. The maximum absolute atomic E-state index is 14.1. The van der Waals surface area contributed by atoms with Gasteiger partial charge in [-0.25, -0.2) is 21.9 Å². The number of fused-ring (bicyclic) bond motifs is 1. The minimum atomic E-state index is -4.35. The number of carbonyl (C=O) groups is 2. The predicted octanol–water partition coefficient (Wildman–Crippen LogP) is 2.47. The molecular formula is C18H15ClFN5O4S. The highest BCUT2D eigenvalue weighted by Gasteiger charge is 2.39. The summed E-state index contributed by atoms with van der Waals surface area (Å²) in [6, 6.07) is 3.58. The number of hydrogen-bond donors (Lipinski definition) is 2. The first kappa shape index (κ1) is 21.5. The van der Waals surface area contributed by atoms with Crippen LogP contribution in [-0.4, -0.2) is 36.2 Å². The van der Waals surface area contributed by atoms with Crippen LogP contribution in [-0.2, 0) is 14.8 Å². The smallest absolute Gasteiger partial charge is 0.336 e. The Balaban J connectivity index is 1.82. The number of nitrogens with zero attached hydrogens (tertiary/aromatic N) is 3. The molecule has 2 heterocycles. The number of anilines is 1. The molecule has 3 rings (SSSR count). The summed E-state index contributed by atoms with van der Waals surface area (Å²) in [6.45, 7) is 2.08. The summed E-state index contributed by atoms with van der Waals surface area (Å²) in [7, 11) is -4.35. The summed E-state index contributed by atoms with van der Waals surface area (Å²) < 4.78 is 40.3. The summed E-state index contributed by atoms with van der Waals surface area (Å²) in [6.07, 6.45) is 1.15. The van der Waals surface area contributed by atoms with Crippen LogP contribution in [0.4, 0.5) is 14.9 Å². The molecule has 0 aliphatic carbocycles. The van der Waals surface area contributed by atoms with Crippen molar-refractivity contribution in [2.45, 2.75) is 24.8 Å². The topological polar surface area (TPSA) is 132 Å². The monoisotopic (exact) mass is 451 g/mol. The Kier molecular flexibility index (Phi) is 5.65. The van der Waals surface area contributed by atoms with Crippen LogP contribution in [0.2, 0.25) is 5.02 Å². The van der Waals surface area contributed by atoms with Gasteiger partial charge in [0.05, 0.1) is 23.0 Å². The van der Waals surface area contributed by atoms with E-state index in [4.69, 9.17) is 16.9 Å². The van der Waals surface area contributed by atoms with Gasteiger partial charge in [-0.15, -0.1) is 0 Å². The highest BCUT2D eigenvalue weighted by molar-refractivity contribution is 7.90. The van der Waals surface area contributed by atoms with Gasteiger partial charge in [0.1, 0.15) is 23.3 Å². The number of carbonyl (C=O) groups excluding carboxylic acids is 2. The SMILES string of the molecule is Cc1c(Cl)ccc2c1S(=O)(=O)N(CC(=O)N[C@H](C)c1ncc(C#N)cc1F)C(=O)N2. The van der Waals surface area contributed by atoms with Gasteiger partial charge in [0, 0.05) is 11.2 Å². The number of urea groups is 1. The second-order valence-electron chi connectivity index (χ2n) is 6.48. The molecule has 1 aromatic heterocycles. The average Bonchev–Trinajstić information content (AvgIpc) is 2.67. The van der Waals surface area contributed by atoms with E-state index in [2.05, 4.69) is 15.6 Å². The first-order valence-electron chi connectivity index (χ1n) is 8.54. The van der Waals surface area contributed by atoms with E-state index in [1.807, 2.05) is 0 Å². The molecule has 3 amide bonds. The fraction of sp³-hybridized carbons (Fsp3) is 0.222. The van der Waals surface area contributed by atoms with Crippen molar-refractivity contribution in [3.8, 4) is 6.07 Å². The van der Waals surface area contributed by atoms with Gasteiger partial charge < -0.3 is 10.6 Å². The predicted molar refractivity (Wildman–Crippen MR) is 105 cm³/mol. The van der Waals surface area contributed by atoms with Crippen molar-refractivity contribution in [2.24, 2.45) is 0 Å². The Morgan fingerprint density at radius 3 is 2.80 bits per heavy atom. The lowest BCUT2D eigenvalue weighted by Gasteiger charge is -2.29. The van der Waals surface area contributed by atoms with Crippen LogP contribution in [0.1, 0.15) is 29.8 Å². The molecule has 30 heavy (non-hydrogen) atoms. The van der Waals surface area contributed by atoms with Gasteiger partial charge in [0.25, 0.3) is 10.0 Å². The molecule has 1 aromatic carbocycles. The molecule has 9 nitrogen and oxygen atoms in total. The van der Waals surface area contributed by atoms with Crippen molar-refractivity contribution in [3.05, 3.63) is 52.1 Å². The summed E-state index contributed by atoms with van der Waals surface area (Å²) in [5.41, 5.74) is 0.174. The average molecular weight is 452 g/mol. The van der Waals surface area contributed by atoms with Gasteiger partial charge >= 0.3 is 6.03 Å². The van der Waals surface area contributed by atoms with E-state index in [-0.39, 0.29) is 32.4 Å². The number of nitriles is 1. The first-order valence-corrected chi connectivity index (χ1v) is 10.4. The molecule has 1 aliphatic rings. The van der Waals surface area contributed by atoms with Crippen LogP contribution in [0.3, 0.4) is 0 Å². The molecule has 0 saturated heterocycles. The Labute approximate surface area is 176 Å². The number of aromatic nitrogens is 1. The highest BCUT2D eigenvalue weighted by atomic mass is 35.5. The van der Waals surface area contributed by atoms with Crippen molar-refractivity contribution >= 4 is 39.2 Å². The number of rotatable bonds is 4. The van der Waals surface area contributed by atoms with Gasteiger partial charge in [-0.1, -0.05) is 11.6 Å². The largest absolute Gasteiger partial charge is 0.346 e. The Bertz CT molecular complexity index is 1210. The zero-order chi connectivity index (χ0) is 22.2. The summed E-state index contributed by atoms with van der Waals surface area (Å²) >= 11 is 6.00. The van der Waals surface area contributed by atoms with Crippen LogP contribution in [0, 0.1) is 24.1 Å². The molecule has 0 saturated carbocycles. The van der Waals surface area contributed by atoms with Crippen LogP contribution >= 0.6 is 11.6 Å². The lowest BCUT2D eigenvalue weighted by molar-refractivity contribution is -0.121. The normalized spacial score (nSPS) is 15.6. The second-order valence-corrected chi connectivity index (χ2v) is 8.69. The van der Waals surface area contributed by atoms with E-state index in [9.17, 15) is 22.4 Å². The summed E-state index contributed by atoms with van der Waals surface area (Å²) in [5, 5.41) is 13.8. The van der Waals surface area contributed by atoms with Gasteiger partial charge in [0.2, 0.25) is 5.91 Å². The number of halogens is 2. The molecule has 2 aromatic rings. The van der Waals surface area contributed by atoms with Gasteiger partial charge in [-0.2, -0.15) is 5.26 Å². The van der Waals surface area contributed by atoms with E-state index in [0.29, 0.717) is 4.31 Å². The third kappa shape index (κ3) is 3.79. The molecule has 1 aliphatic heterocycles. The standard InChI is InChI=1S/C18H15ClFN5O4S/c1-9-12(19)3-4-14-17(9)30(28,29)25(18(27)24-14)8-15(26)23-10(2)16-13(20)5-11(6-21)7-22-16/h3-5,7,10H,8H2,1-2H3,(H,23,26)(H,24,27)/t10-/m1/s1. The van der Waals surface area contributed by atoms with E-state index < -0.39 is 40.4 Å². The van der Waals surface area contributed by atoms with Crippen LogP contribution in [0.5, 0.6) is 0 Å². The van der Waals surface area contributed by atoms with Gasteiger partial charge in [-0.3, -0.25) is 9.78 Å². The molecule has 0 fully saturated rings. The molecule has 0 bridgehead atoms. The number of pyridine rings is 1. The van der Waals surface area contributed by atoms with Crippen LogP contribution < -0.4 is 10.6 Å². The fourth-order valence-corrected chi connectivity index (χ4v) is 4.85. The Morgan fingerprint density at radius 2 is 2.17 bits per heavy atom. The van der Waals surface area contributed by atoms with E-state index in [0.717, 1.165) is 12.3 Å². The number of amides is 3. The highest BCUT2D eigenvalue weighted by Crippen LogP contribution is 2.35. The lowest BCUT2D eigenvalue weighted by Crippen LogP contribution is -2.49. The molecule has 156 valence electrons. The van der Waals surface area contributed by atoms with Gasteiger partial charge in [0.15, 0.2) is 0 Å². The van der Waals surface area contributed by atoms with Crippen molar-refractivity contribution in [2.75, 3.05) is 11.9 Å². The second kappa shape index (κ2) is 7.89. The van der Waals surface area contributed by atoms with Crippen molar-refractivity contribution in [1.29, 1.82) is 5.26 Å². The Hall–Kier alpha value is -3.23. The van der Waals surface area contributed by atoms with Crippen LogP contribution in [0.25, 0.3) is 0 Å². The third-order valence-electron chi connectivity index (χ3n) is 4.43. The Morgan fingerprint density at radius 1 is 1.47 bits per heavy atom. The minimum Gasteiger partial charge on any atom is -0.346 e. The molecule has 0 radical (unpaired) electrons.